The molecule has 0 radical (unpaired) electrons. The van der Waals surface area contributed by atoms with E-state index in [1.54, 1.807) is 0 Å². The first-order valence-electron chi connectivity index (χ1n) is 4.72. The Morgan fingerprint density at radius 2 is 2.19 bits per heavy atom. The van der Waals surface area contributed by atoms with Crippen molar-refractivity contribution in [2.45, 2.75) is 13.7 Å². The van der Waals surface area contributed by atoms with Gasteiger partial charge in [-0.15, -0.1) is 0 Å². The molecule has 0 bridgehead atoms. The van der Waals surface area contributed by atoms with Gasteiger partial charge in [-0.1, -0.05) is 0 Å². The number of aromatic nitrogens is 1. The molecule has 0 aliphatic rings. The van der Waals surface area contributed by atoms with Crippen LogP contribution in [0.15, 0.2) is 24.3 Å². The van der Waals surface area contributed by atoms with E-state index >= 15 is 0 Å². The molecule has 2 nitrogen and oxygen atoms in total. The van der Waals surface area contributed by atoms with Gasteiger partial charge < -0.3 is 17.0 Å². The van der Waals surface area contributed by atoms with Gasteiger partial charge in [0.15, 0.2) is 0 Å². The number of halogens is 1. The Hall–Kier alpha value is -0.591. The van der Waals surface area contributed by atoms with Crippen molar-refractivity contribution in [1.29, 1.82) is 0 Å². The second kappa shape index (κ2) is 6.22. The third kappa shape index (κ3) is 2.75. The Labute approximate surface area is 112 Å². The minimum Gasteiger partial charge on any atom is -1.00 e. The van der Waals surface area contributed by atoms with Gasteiger partial charge in [-0.25, -0.2) is 0 Å². The Morgan fingerprint density at radius 3 is 2.88 bits per heavy atom. The standard InChI is InChI=1S/C12H12NOSe.BrH/c1-3-8-14-9-13-10(2)11-6-4-5-7-12(11)15-13;/h1,4-7H,8-9H2,2H3;1H/q+1;/p-1. The predicted molar refractivity (Wildman–Crippen MR) is 60.6 cm³/mol. The van der Waals surface area contributed by atoms with Crippen LogP contribution in [0.3, 0.4) is 0 Å². The molecule has 0 unspecified atom stereocenters. The molecule has 0 spiro atoms. The summed E-state index contributed by atoms with van der Waals surface area (Å²) in [7, 11) is 0. The molecule has 84 valence electrons. The average molecular weight is 345 g/mol. The smallest absolute Gasteiger partial charge is 1.00 e. The van der Waals surface area contributed by atoms with Gasteiger partial charge in [0.05, 0.1) is 0 Å². The summed E-state index contributed by atoms with van der Waals surface area (Å²) in [5, 5.41) is 1.35. The summed E-state index contributed by atoms with van der Waals surface area (Å²) in [6, 6.07) is 8.50. The van der Waals surface area contributed by atoms with Crippen LogP contribution in [0, 0.1) is 19.3 Å². The minimum absolute atomic E-state index is 0. The summed E-state index contributed by atoms with van der Waals surface area (Å²) < 4.78 is 9.03. The first-order chi connectivity index (χ1) is 7.33. The summed E-state index contributed by atoms with van der Waals surface area (Å²) in [4.78, 5) is 0. The largest absolute Gasteiger partial charge is 1.00 e. The zero-order valence-electron chi connectivity index (χ0n) is 8.94. The SMILES string of the molecule is C#CCOC[n+]1[se]c2ccccc2c1C.[Br-]. The third-order valence-electron chi connectivity index (χ3n) is 2.25. The van der Waals surface area contributed by atoms with Crippen LogP contribution in [0.2, 0.25) is 0 Å². The Morgan fingerprint density at radius 1 is 1.44 bits per heavy atom. The van der Waals surface area contributed by atoms with Crippen molar-refractivity contribution in [3.05, 3.63) is 30.0 Å². The summed E-state index contributed by atoms with van der Waals surface area (Å²) in [5.41, 5.74) is 1.29. The molecular weight excluding hydrogens is 333 g/mol. The molecule has 1 heterocycles. The number of terminal acetylenes is 1. The third-order valence-corrected chi connectivity index (χ3v) is 4.67. The van der Waals surface area contributed by atoms with Crippen molar-refractivity contribution < 1.29 is 25.3 Å². The molecule has 2 aromatic rings. The van der Waals surface area contributed by atoms with E-state index in [0.717, 1.165) is 0 Å². The van der Waals surface area contributed by atoms with Gasteiger partial charge in [-0.3, -0.25) is 0 Å². The maximum atomic E-state index is 5.35. The molecule has 16 heavy (non-hydrogen) atoms. The molecule has 1 aromatic heterocycles. The fourth-order valence-corrected chi connectivity index (χ4v) is 3.69. The topological polar surface area (TPSA) is 13.1 Å². The van der Waals surface area contributed by atoms with Gasteiger partial charge in [-0.2, -0.15) is 0 Å². The average Bonchev–Trinajstić information content (AvgIpc) is 2.57. The molecule has 0 N–H and O–H groups in total. The van der Waals surface area contributed by atoms with Crippen LogP contribution in [-0.4, -0.2) is 21.3 Å². The molecule has 0 saturated heterocycles. The number of rotatable bonds is 3. The van der Waals surface area contributed by atoms with Crippen molar-refractivity contribution in [3.63, 3.8) is 0 Å². The minimum atomic E-state index is 0. The second-order valence-electron chi connectivity index (χ2n) is 3.23. The molecule has 2 rings (SSSR count). The molecular formula is C12H12BrNOSe. The van der Waals surface area contributed by atoms with Crippen LogP contribution in [0.1, 0.15) is 5.69 Å². The van der Waals surface area contributed by atoms with Crippen molar-refractivity contribution in [2.75, 3.05) is 6.61 Å². The van der Waals surface area contributed by atoms with E-state index in [4.69, 9.17) is 11.2 Å². The molecule has 0 amide bonds. The Bertz CT molecular complexity index is 515. The second-order valence-corrected chi connectivity index (χ2v) is 5.46. The van der Waals surface area contributed by atoms with E-state index in [1.165, 1.54) is 15.3 Å². The van der Waals surface area contributed by atoms with Gasteiger partial charge in [0.1, 0.15) is 0 Å². The van der Waals surface area contributed by atoms with E-state index in [0.29, 0.717) is 28.1 Å². The zero-order chi connectivity index (χ0) is 10.7. The monoisotopic (exact) mass is 345 g/mol. The fraction of sp³-hybridized carbons (Fsp3) is 0.250. The molecule has 4 heteroatoms. The number of hydrogen-bond acceptors (Lipinski definition) is 1. The number of aryl methyl sites for hydroxylation is 1. The van der Waals surface area contributed by atoms with Crippen LogP contribution in [-0.2, 0) is 11.5 Å². The van der Waals surface area contributed by atoms with Crippen molar-refractivity contribution in [1.82, 2.24) is 0 Å². The first kappa shape index (κ1) is 13.5. The molecule has 0 atom stereocenters. The quantitative estimate of drug-likeness (QED) is 0.360. The summed E-state index contributed by atoms with van der Waals surface area (Å²) in [6.45, 7) is 3.12. The summed E-state index contributed by atoms with van der Waals surface area (Å²) >= 11 is 0.343. The number of hydrogen-bond donors (Lipinski definition) is 0. The van der Waals surface area contributed by atoms with Crippen molar-refractivity contribution in [3.8, 4) is 12.3 Å². The van der Waals surface area contributed by atoms with Crippen LogP contribution in [0.5, 0.6) is 0 Å². The fourth-order valence-electron chi connectivity index (χ4n) is 1.48. The van der Waals surface area contributed by atoms with Gasteiger partial charge in [-0.05, 0) is 0 Å². The summed E-state index contributed by atoms with van der Waals surface area (Å²) in [5.74, 6) is 2.48. The van der Waals surface area contributed by atoms with Crippen LogP contribution in [0.4, 0.5) is 0 Å². The van der Waals surface area contributed by atoms with Crippen molar-refractivity contribution in [2.24, 2.45) is 0 Å². The first-order valence-corrected chi connectivity index (χ1v) is 6.35. The van der Waals surface area contributed by atoms with Crippen LogP contribution >= 0.6 is 0 Å². The van der Waals surface area contributed by atoms with Crippen LogP contribution < -0.4 is 20.5 Å². The van der Waals surface area contributed by atoms with Gasteiger partial charge in [0, 0.05) is 0 Å². The Balaban J connectivity index is 0.00000128. The normalized spacial score (nSPS) is 9.75. The number of nitrogens with zero attached hydrogens (tertiary/aromatic N) is 1. The van der Waals surface area contributed by atoms with E-state index in [9.17, 15) is 0 Å². The van der Waals surface area contributed by atoms with Gasteiger partial charge in [0.25, 0.3) is 0 Å². The van der Waals surface area contributed by atoms with Crippen LogP contribution in [0.25, 0.3) is 9.65 Å². The predicted octanol–water partition coefficient (Wildman–Crippen LogP) is -1.90. The van der Waals surface area contributed by atoms with Crippen molar-refractivity contribution >= 4 is 24.4 Å². The molecule has 0 fully saturated rings. The van der Waals surface area contributed by atoms with Gasteiger partial charge >= 0.3 is 95.2 Å². The maximum Gasteiger partial charge on any atom is -1.00 e. The summed E-state index contributed by atoms with van der Waals surface area (Å²) in [6.07, 6.45) is 5.14. The number of benzene rings is 1. The van der Waals surface area contributed by atoms with Gasteiger partial charge in [0.2, 0.25) is 0 Å². The molecule has 0 aliphatic heterocycles. The number of ether oxygens (including phenoxy) is 1. The van der Waals surface area contributed by atoms with E-state index in [2.05, 4.69) is 40.7 Å². The molecule has 0 aliphatic carbocycles. The Kier molecular flexibility index (Phi) is 5.24. The molecule has 0 saturated carbocycles. The van der Waals surface area contributed by atoms with E-state index in [1.807, 2.05) is 0 Å². The molecule has 1 aromatic carbocycles. The number of fused-ring (bicyclic) bond motifs is 1. The van der Waals surface area contributed by atoms with E-state index in [-0.39, 0.29) is 17.0 Å². The maximum absolute atomic E-state index is 5.35. The van der Waals surface area contributed by atoms with E-state index < -0.39 is 0 Å². The zero-order valence-corrected chi connectivity index (χ0v) is 12.2.